The lowest BCUT2D eigenvalue weighted by Crippen LogP contribution is -2.44. The molecule has 4 rings (SSSR count). The predicted octanol–water partition coefficient (Wildman–Crippen LogP) is 2.97. The lowest BCUT2D eigenvalue weighted by Gasteiger charge is -2.30. The molecule has 0 saturated carbocycles. The molecule has 0 spiro atoms. The Bertz CT molecular complexity index is 605. The van der Waals surface area contributed by atoms with Gasteiger partial charge in [-0.15, -0.1) is 0 Å². The fraction of sp³-hybridized carbons (Fsp3) is 0.789. The third kappa shape index (κ3) is 3.32. The van der Waals surface area contributed by atoms with E-state index in [-0.39, 0.29) is 24.4 Å². The summed E-state index contributed by atoms with van der Waals surface area (Å²) in [5, 5.41) is 0. The average molecular weight is 368 g/mol. The molecule has 7 atom stereocenters. The average Bonchev–Trinajstić information content (AvgIpc) is 3.38. The maximum Gasteiger partial charge on any atom is 0.190 e. The molecule has 2 unspecified atom stereocenters. The molecule has 3 fully saturated rings. The van der Waals surface area contributed by atoms with E-state index in [1.807, 2.05) is 33.8 Å². The number of fused-ring (bicyclic) bond motifs is 1. The summed E-state index contributed by atoms with van der Waals surface area (Å²) in [5.74, 6) is -1.23. The Balaban J connectivity index is 1.50. The third-order valence-electron chi connectivity index (χ3n) is 5.58. The van der Waals surface area contributed by atoms with E-state index >= 15 is 0 Å². The lowest BCUT2D eigenvalue weighted by molar-refractivity contribution is -0.245. The van der Waals surface area contributed by atoms with Gasteiger partial charge in [-0.1, -0.05) is 13.8 Å². The zero-order valence-corrected chi connectivity index (χ0v) is 15.8. The van der Waals surface area contributed by atoms with Gasteiger partial charge in [0.2, 0.25) is 0 Å². The van der Waals surface area contributed by atoms with Crippen LogP contribution in [0.3, 0.4) is 0 Å². The van der Waals surface area contributed by atoms with Crippen molar-refractivity contribution in [1.29, 1.82) is 0 Å². The summed E-state index contributed by atoms with van der Waals surface area (Å²) in [6.07, 6.45) is 3.21. The van der Waals surface area contributed by atoms with Crippen LogP contribution in [0.15, 0.2) is 23.0 Å². The van der Waals surface area contributed by atoms with E-state index in [0.29, 0.717) is 13.2 Å². The molecule has 7 heteroatoms. The highest BCUT2D eigenvalue weighted by molar-refractivity contribution is 5.05. The summed E-state index contributed by atoms with van der Waals surface area (Å²) in [4.78, 5) is 0. The van der Waals surface area contributed by atoms with Crippen LogP contribution in [0, 0.1) is 0 Å². The number of furan rings is 1. The summed E-state index contributed by atoms with van der Waals surface area (Å²) in [6.45, 7) is 8.82. The number of ether oxygens (including phenoxy) is 6. The van der Waals surface area contributed by atoms with Crippen molar-refractivity contribution in [3.63, 3.8) is 0 Å². The van der Waals surface area contributed by atoms with Gasteiger partial charge in [-0.2, -0.15) is 0 Å². The molecule has 3 aliphatic rings. The first kappa shape index (κ1) is 18.4. The highest BCUT2D eigenvalue weighted by atomic mass is 16.8. The molecule has 7 nitrogen and oxygen atoms in total. The van der Waals surface area contributed by atoms with Gasteiger partial charge >= 0.3 is 0 Å². The normalized spacial score (nSPS) is 45.3. The van der Waals surface area contributed by atoms with Gasteiger partial charge in [0, 0.05) is 5.56 Å². The Labute approximate surface area is 153 Å². The zero-order chi connectivity index (χ0) is 18.4. The Morgan fingerprint density at radius 3 is 2.54 bits per heavy atom. The highest BCUT2D eigenvalue weighted by Crippen LogP contribution is 2.43. The summed E-state index contributed by atoms with van der Waals surface area (Å²) < 4.78 is 41.7. The summed E-state index contributed by atoms with van der Waals surface area (Å²) in [6, 6.07) is 1.88. The first-order chi connectivity index (χ1) is 12.5. The molecular weight excluding hydrogens is 340 g/mol. The Morgan fingerprint density at radius 2 is 1.88 bits per heavy atom. The number of hydrogen-bond acceptors (Lipinski definition) is 7. The van der Waals surface area contributed by atoms with Gasteiger partial charge in [-0.3, -0.25) is 0 Å². The second-order valence-corrected chi connectivity index (χ2v) is 7.52. The van der Waals surface area contributed by atoms with E-state index in [1.54, 1.807) is 12.5 Å². The quantitative estimate of drug-likeness (QED) is 0.764. The molecule has 0 aliphatic carbocycles. The van der Waals surface area contributed by atoms with Crippen LogP contribution in [0.25, 0.3) is 0 Å². The van der Waals surface area contributed by atoms with Crippen LogP contribution in [-0.4, -0.2) is 48.9 Å². The minimum absolute atomic E-state index is 0.222. The van der Waals surface area contributed by atoms with E-state index in [4.69, 9.17) is 32.8 Å². The maximum absolute atomic E-state index is 6.20. The Kier molecular flexibility index (Phi) is 4.88. The monoisotopic (exact) mass is 368 g/mol. The minimum Gasteiger partial charge on any atom is -0.472 e. The smallest absolute Gasteiger partial charge is 0.190 e. The molecule has 1 aromatic rings. The number of hydrogen-bond donors (Lipinski definition) is 0. The summed E-state index contributed by atoms with van der Waals surface area (Å²) in [7, 11) is 0. The molecule has 0 N–H and O–H groups in total. The van der Waals surface area contributed by atoms with E-state index in [9.17, 15) is 0 Å². The first-order valence-electron chi connectivity index (χ1n) is 9.41. The minimum atomic E-state index is -0.650. The van der Waals surface area contributed by atoms with Crippen molar-refractivity contribution in [1.82, 2.24) is 0 Å². The van der Waals surface area contributed by atoms with Crippen LogP contribution in [0.4, 0.5) is 0 Å². The van der Waals surface area contributed by atoms with Gasteiger partial charge in [0.05, 0.1) is 25.7 Å². The number of rotatable bonds is 6. The van der Waals surface area contributed by atoms with Crippen molar-refractivity contribution in [3.8, 4) is 0 Å². The van der Waals surface area contributed by atoms with Gasteiger partial charge in [-0.25, -0.2) is 0 Å². The van der Waals surface area contributed by atoms with Gasteiger partial charge in [0.1, 0.15) is 24.4 Å². The van der Waals surface area contributed by atoms with Crippen LogP contribution in [0.1, 0.15) is 46.1 Å². The first-order valence-corrected chi connectivity index (χ1v) is 9.41. The zero-order valence-electron chi connectivity index (χ0n) is 15.8. The Hall–Kier alpha value is -0.960. The van der Waals surface area contributed by atoms with Crippen molar-refractivity contribution >= 4 is 0 Å². The standard InChI is InChI=1S/C19H28O7/c1-5-18(3)22-11-13(24-18)14-15(21-10-12-7-8-20-9-12)16-17(23-14)26-19(4,6-2)25-16/h7-9,13-17H,5-6,10-11H2,1-4H3/t13-,14-,15+,16-,17-,18?,19?/m1/s1. The van der Waals surface area contributed by atoms with E-state index in [2.05, 4.69) is 0 Å². The molecule has 26 heavy (non-hydrogen) atoms. The van der Waals surface area contributed by atoms with Crippen LogP contribution in [-0.2, 0) is 35.0 Å². The van der Waals surface area contributed by atoms with Crippen LogP contribution >= 0.6 is 0 Å². The predicted molar refractivity (Wildman–Crippen MR) is 90.1 cm³/mol. The SMILES string of the molecule is CCC1(C)O[C@H]2O[C@H]([C@H]3COC(C)(CC)O3)[C@H](OCc3ccoc3)[C@H]2O1. The highest BCUT2D eigenvalue weighted by Gasteiger charge is 2.59. The molecule has 3 aliphatic heterocycles. The van der Waals surface area contributed by atoms with Crippen LogP contribution < -0.4 is 0 Å². The topological polar surface area (TPSA) is 68.5 Å². The van der Waals surface area contributed by atoms with E-state index in [0.717, 1.165) is 18.4 Å². The van der Waals surface area contributed by atoms with Crippen molar-refractivity contribution in [2.75, 3.05) is 6.61 Å². The molecule has 0 bridgehead atoms. The molecule has 0 amide bonds. The van der Waals surface area contributed by atoms with Gasteiger partial charge in [-0.05, 0) is 32.8 Å². The molecule has 146 valence electrons. The van der Waals surface area contributed by atoms with Gasteiger partial charge < -0.3 is 32.8 Å². The molecular formula is C19H28O7. The fourth-order valence-electron chi connectivity index (χ4n) is 3.65. The second kappa shape index (κ2) is 6.89. The van der Waals surface area contributed by atoms with E-state index < -0.39 is 17.9 Å². The molecule has 0 aromatic carbocycles. The van der Waals surface area contributed by atoms with Crippen LogP contribution in [0.2, 0.25) is 0 Å². The van der Waals surface area contributed by atoms with Crippen molar-refractivity contribution in [2.24, 2.45) is 0 Å². The molecule has 3 saturated heterocycles. The third-order valence-corrected chi connectivity index (χ3v) is 5.58. The lowest BCUT2D eigenvalue weighted by atomic mass is 10.1. The van der Waals surface area contributed by atoms with Crippen molar-refractivity contribution in [3.05, 3.63) is 24.2 Å². The van der Waals surface area contributed by atoms with Crippen LogP contribution in [0.5, 0.6) is 0 Å². The van der Waals surface area contributed by atoms with Crippen molar-refractivity contribution in [2.45, 2.75) is 89.4 Å². The molecule has 4 heterocycles. The molecule has 0 radical (unpaired) electrons. The Morgan fingerprint density at radius 1 is 1.08 bits per heavy atom. The second-order valence-electron chi connectivity index (χ2n) is 7.52. The fourth-order valence-corrected chi connectivity index (χ4v) is 3.65. The van der Waals surface area contributed by atoms with Crippen molar-refractivity contribution < 1.29 is 32.8 Å². The summed E-state index contributed by atoms with van der Waals surface area (Å²) in [5.41, 5.74) is 0.964. The molecule has 1 aromatic heterocycles. The largest absolute Gasteiger partial charge is 0.472 e. The summed E-state index contributed by atoms with van der Waals surface area (Å²) >= 11 is 0. The van der Waals surface area contributed by atoms with Gasteiger partial charge in [0.25, 0.3) is 0 Å². The maximum atomic E-state index is 6.20. The van der Waals surface area contributed by atoms with Gasteiger partial charge in [0.15, 0.2) is 17.9 Å². The van der Waals surface area contributed by atoms with E-state index in [1.165, 1.54) is 0 Å².